The van der Waals surface area contributed by atoms with Crippen molar-refractivity contribution in [1.29, 1.82) is 0 Å². The minimum Gasteiger partial charge on any atom is -0.478 e. The first kappa shape index (κ1) is 8.79. The highest BCUT2D eigenvalue weighted by Gasteiger charge is 2.59. The van der Waals surface area contributed by atoms with Gasteiger partial charge in [-0.15, -0.1) is 0 Å². The fourth-order valence-corrected chi connectivity index (χ4v) is 2.65. The van der Waals surface area contributed by atoms with Crippen LogP contribution in [-0.2, 0) is 5.41 Å². The van der Waals surface area contributed by atoms with E-state index in [0.29, 0.717) is 11.5 Å². The topological polar surface area (TPSA) is 75.1 Å². The first-order chi connectivity index (χ1) is 7.24. The number of carboxylic acid groups (broad SMARTS) is 1. The Morgan fingerprint density at radius 3 is 2.93 bits per heavy atom. The largest absolute Gasteiger partial charge is 0.478 e. The summed E-state index contributed by atoms with van der Waals surface area (Å²) in [5.74, 6) is -0.327. The van der Waals surface area contributed by atoms with Gasteiger partial charge in [0.25, 0.3) is 0 Å². The number of hydrogen-bond acceptors (Lipinski definition) is 4. The molecule has 0 radical (unpaired) electrons. The predicted octanol–water partition coefficient (Wildman–Crippen LogP) is 0.0357. The number of fused-ring (bicyclic) bond motifs is 1. The van der Waals surface area contributed by atoms with Crippen LogP contribution in [0.3, 0.4) is 0 Å². The van der Waals surface area contributed by atoms with E-state index in [-0.39, 0.29) is 5.41 Å². The van der Waals surface area contributed by atoms with Crippen molar-refractivity contribution >= 4 is 5.97 Å². The van der Waals surface area contributed by atoms with E-state index in [9.17, 15) is 4.79 Å². The molecule has 1 saturated heterocycles. The van der Waals surface area contributed by atoms with Crippen LogP contribution in [0, 0.1) is 5.92 Å². The third-order valence-electron chi connectivity index (χ3n) is 3.56. The van der Waals surface area contributed by atoms with E-state index in [2.05, 4.69) is 15.5 Å². The molecule has 5 heteroatoms. The summed E-state index contributed by atoms with van der Waals surface area (Å²) in [6, 6.07) is 0. The Morgan fingerprint density at radius 2 is 2.33 bits per heavy atom. The molecule has 0 amide bonds. The van der Waals surface area contributed by atoms with E-state index < -0.39 is 5.97 Å². The summed E-state index contributed by atoms with van der Waals surface area (Å²) in [5, 5.41) is 19.8. The van der Waals surface area contributed by atoms with Crippen molar-refractivity contribution in [3.05, 3.63) is 23.5 Å². The molecule has 2 atom stereocenters. The number of piperidine rings is 1. The zero-order valence-electron chi connectivity index (χ0n) is 8.10. The summed E-state index contributed by atoms with van der Waals surface area (Å²) < 4.78 is 0. The van der Waals surface area contributed by atoms with Gasteiger partial charge in [-0.3, -0.25) is 0 Å². The molecule has 1 saturated carbocycles. The first-order valence-corrected chi connectivity index (χ1v) is 4.99. The molecule has 1 aromatic heterocycles. The molecule has 2 N–H and O–H groups in total. The number of nitrogens with one attached hydrogen (secondary N) is 1. The quantitative estimate of drug-likeness (QED) is 0.712. The van der Waals surface area contributed by atoms with Crippen molar-refractivity contribution in [3.8, 4) is 0 Å². The van der Waals surface area contributed by atoms with Gasteiger partial charge in [-0.05, 0) is 24.4 Å². The molecule has 5 nitrogen and oxygen atoms in total. The zero-order valence-corrected chi connectivity index (χ0v) is 8.10. The maximum Gasteiger partial charge on any atom is 0.337 e. The molecule has 0 spiro atoms. The molecule has 2 aliphatic rings. The molecule has 2 unspecified atom stereocenters. The van der Waals surface area contributed by atoms with Gasteiger partial charge in [0, 0.05) is 12.0 Å². The van der Waals surface area contributed by atoms with Gasteiger partial charge in [0.15, 0.2) is 0 Å². The number of carboxylic acids is 1. The van der Waals surface area contributed by atoms with E-state index >= 15 is 0 Å². The van der Waals surface area contributed by atoms with Gasteiger partial charge in [0.05, 0.1) is 18.0 Å². The van der Waals surface area contributed by atoms with Crippen LogP contribution < -0.4 is 5.32 Å². The Hall–Kier alpha value is -1.49. The van der Waals surface area contributed by atoms with Gasteiger partial charge in [-0.2, -0.15) is 10.2 Å². The van der Waals surface area contributed by atoms with E-state index in [1.807, 2.05) is 0 Å². The van der Waals surface area contributed by atoms with Gasteiger partial charge < -0.3 is 10.4 Å². The number of carbonyl (C=O) groups is 1. The highest BCUT2D eigenvalue weighted by atomic mass is 16.4. The van der Waals surface area contributed by atoms with Crippen molar-refractivity contribution in [3.63, 3.8) is 0 Å². The molecule has 2 heterocycles. The Labute approximate surface area is 86.5 Å². The highest BCUT2D eigenvalue weighted by molar-refractivity contribution is 5.89. The van der Waals surface area contributed by atoms with Crippen molar-refractivity contribution in [2.45, 2.75) is 11.8 Å². The Balaban J connectivity index is 2.08. The van der Waals surface area contributed by atoms with E-state index in [0.717, 1.165) is 25.1 Å². The Morgan fingerprint density at radius 1 is 1.53 bits per heavy atom. The summed E-state index contributed by atoms with van der Waals surface area (Å²) in [7, 11) is 0. The molecule has 78 valence electrons. The van der Waals surface area contributed by atoms with Crippen LogP contribution in [0.25, 0.3) is 0 Å². The molecular formula is C10H11N3O2. The molecule has 1 aromatic rings. The lowest BCUT2D eigenvalue weighted by Gasteiger charge is -2.13. The lowest BCUT2D eigenvalue weighted by molar-refractivity contribution is 0.0694. The summed E-state index contributed by atoms with van der Waals surface area (Å²) in [6.07, 6.45) is 4.03. The Bertz CT molecular complexity index is 434. The van der Waals surface area contributed by atoms with Crippen molar-refractivity contribution < 1.29 is 9.90 Å². The summed E-state index contributed by atoms with van der Waals surface area (Å²) >= 11 is 0. The molecule has 1 aliphatic carbocycles. The summed E-state index contributed by atoms with van der Waals surface area (Å²) in [4.78, 5) is 11.1. The molecule has 15 heavy (non-hydrogen) atoms. The lowest BCUT2D eigenvalue weighted by atomic mass is 9.93. The second-order valence-corrected chi connectivity index (χ2v) is 4.31. The fourth-order valence-electron chi connectivity index (χ4n) is 2.65. The number of nitrogens with zero attached hydrogens (tertiary/aromatic N) is 2. The van der Waals surface area contributed by atoms with Crippen LogP contribution in [0.4, 0.5) is 0 Å². The van der Waals surface area contributed by atoms with Gasteiger partial charge >= 0.3 is 5.97 Å². The van der Waals surface area contributed by atoms with Gasteiger partial charge in [-0.1, -0.05) is 0 Å². The van der Waals surface area contributed by atoms with Crippen LogP contribution in [0.2, 0.25) is 0 Å². The minimum absolute atomic E-state index is 0.0314. The first-order valence-electron chi connectivity index (χ1n) is 4.99. The number of aromatic nitrogens is 2. The average Bonchev–Trinajstić information content (AvgIpc) is 2.82. The zero-order chi connectivity index (χ0) is 10.5. The van der Waals surface area contributed by atoms with Gasteiger partial charge in [-0.25, -0.2) is 4.79 Å². The van der Waals surface area contributed by atoms with Crippen molar-refractivity contribution in [2.24, 2.45) is 5.92 Å². The molecule has 3 rings (SSSR count). The van der Waals surface area contributed by atoms with E-state index in [1.54, 1.807) is 6.20 Å². The average molecular weight is 205 g/mol. The van der Waals surface area contributed by atoms with Crippen LogP contribution >= 0.6 is 0 Å². The molecule has 2 fully saturated rings. The van der Waals surface area contributed by atoms with Crippen LogP contribution in [-0.4, -0.2) is 34.4 Å². The minimum atomic E-state index is -0.910. The van der Waals surface area contributed by atoms with E-state index in [4.69, 9.17) is 5.11 Å². The summed E-state index contributed by atoms with van der Waals surface area (Å²) in [5.41, 5.74) is 1.18. The molecular weight excluding hydrogens is 194 g/mol. The number of aromatic carboxylic acids is 1. The van der Waals surface area contributed by atoms with E-state index in [1.165, 1.54) is 6.20 Å². The van der Waals surface area contributed by atoms with Crippen molar-refractivity contribution in [1.82, 2.24) is 15.5 Å². The molecule has 0 aromatic carbocycles. The summed E-state index contributed by atoms with van der Waals surface area (Å²) in [6.45, 7) is 1.85. The number of rotatable bonds is 2. The normalized spacial score (nSPS) is 32.4. The van der Waals surface area contributed by atoms with Crippen LogP contribution in [0.5, 0.6) is 0 Å². The smallest absolute Gasteiger partial charge is 0.337 e. The third kappa shape index (κ3) is 1.10. The third-order valence-corrected chi connectivity index (χ3v) is 3.56. The highest BCUT2D eigenvalue weighted by Crippen LogP contribution is 2.56. The van der Waals surface area contributed by atoms with Crippen LogP contribution in [0.15, 0.2) is 12.4 Å². The lowest BCUT2D eigenvalue weighted by Crippen LogP contribution is -2.22. The van der Waals surface area contributed by atoms with Gasteiger partial charge in [0.2, 0.25) is 0 Å². The van der Waals surface area contributed by atoms with Gasteiger partial charge in [0.1, 0.15) is 0 Å². The Kier molecular flexibility index (Phi) is 1.62. The van der Waals surface area contributed by atoms with Crippen molar-refractivity contribution in [2.75, 3.05) is 13.1 Å². The maximum absolute atomic E-state index is 11.1. The SMILES string of the molecule is O=C(O)c1cnncc1C12CNCC1C2. The second kappa shape index (κ2) is 2.76. The fraction of sp³-hybridized carbons (Fsp3) is 0.500. The number of hydrogen-bond donors (Lipinski definition) is 2. The predicted molar refractivity (Wildman–Crippen MR) is 51.6 cm³/mol. The standard InChI is InChI=1S/C10H11N3O2/c14-9(15)7-3-12-13-4-8(7)10-1-6(10)2-11-5-10/h3-4,6,11H,1-2,5H2,(H,14,15). The maximum atomic E-state index is 11.1. The monoisotopic (exact) mass is 205 g/mol. The molecule has 0 bridgehead atoms. The van der Waals surface area contributed by atoms with Crippen LogP contribution in [0.1, 0.15) is 22.3 Å². The second-order valence-electron chi connectivity index (χ2n) is 4.31. The molecule has 1 aliphatic heterocycles.